The zero-order chi connectivity index (χ0) is 31.9. The van der Waals surface area contributed by atoms with Crippen molar-refractivity contribution in [1.29, 1.82) is 0 Å². The first-order valence-electron chi connectivity index (χ1n) is 14.1. The second kappa shape index (κ2) is 12.0. The van der Waals surface area contributed by atoms with Crippen LogP contribution in [0.4, 0.5) is 0 Å². The van der Waals surface area contributed by atoms with Gasteiger partial charge >= 0.3 is 0 Å². The first-order valence-corrected chi connectivity index (χ1v) is 17.9. The first-order chi connectivity index (χ1) is 21.4. The molecular formula is C30H30N6O6S3. The van der Waals surface area contributed by atoms with Crippen LogP contribution in [0.2, 0.25) is 0 Å². The van der Waals surface area contributed by atoms with Gasteiger partial charge in [-0.15, -0.1) is 17.8 Å². The van der Waals surface area contributed by atoms with Crippen molar-refractivity contribution in [2.45, 2.75) is 35.3 Å². The zero-order valence-corrected chi connectivity index (χ0v) is 26.7. The third-order valence-electron chi connectivity index (χ3n) is 7.91. The van der Waals surface area contributed by atoms with Crippen LogP contribution in [0.5, 0.6) is 0 Å². The molecule has 1 atom stereocenters. The molecule has 0 aliphatic carbocycles. The summed E-state index contributed by atoms with van der Waals surface area (Å²) < 4.78 is 56.6. The number of sulfonamides is 2. The summed E-state index contributed by atoms with van der Waals surface area (Å²) in [6.45, 7) is 1.20. The molecule has 2 aliphatic heterocycles. The summed E-state index contributed by atoms with van der Waals surface area (Å²) in [5.74, 6) is 1.24. The van der Waals surface area contributed by atoms with E-state index in [2.05, 4.69) is 25.5 Å². The van der Waals surface area contributed by atoms with Gasteiger partial charge in [0.15, 0.2) is 5.01 Å². The van der Waals surface area contributed by atoms with Crippen LogP contribution in [0.3, 0.4) is 0 Å². The second-order valence-electron chi connectivity index (χ2n) is 11.0. The SMILES string of the molecule is C#Cc1ccc2[nH]c(S(=O)(=O)N3CCN(C(=O)c4nc5c(s4)CN(C)CC5)C(CC(=O)NS(=O)(=O)c4ccccc4)C3)cc2c1. The summed E-state index contributed by atoms with van der Waals surface area (Å²) in [6.07, 6.45) is 5.75. The van der Waals surface area contributed by atoms with Crippen molar-refractivity contribution in [2.24, 2.45) is 0 Å². The highest BCUT2D eigenvalue weighted by molar-refractivity contribution is 7.90. The number of aromatic nitrogens is 2. The Kier molecular flexibility index (Phi) is 8.27. The summed E-state index contributed by atoms with van der Waals surface area (Å²) >= 11 is 1.29. The van der Waals surface area contributed by atoms with Crippen molar-refractivity contribution in [2.75, 3.05) is 33.2 Å². The lowest BCUT2D eigenvalue weighted by molar-refractivity contribution is -0.120. The Balaban J connectivity index is 1.28. The summed E-state index contributed by atoms with van der Waals surface area (Å²) in [5.41, 5.74) is 2.05. The fourth-order valence-corrected chi connectivity index (χ4v) is 9.21. The van der Waals surface area contributed by atoms with Crippen LogP contribution < -0.4 is 4.72 Å². The molecular weight excluding hydrogens is 637 g/mol. The molecule has 45 heavy (non-hydrogen) atoms. The number of H-pyrrole nitrogens is 1. The number of likely N-dealkylation sites (N-methyl/N-ethyl adjacent to an activating group) is 1. The number of nitrogens with one attached hydrogen (secondary N) is 2. The predicted octanol–water partition coefficient (Wildman–Crippen LogP) is 2.00. The van der Waals surface area contributed by atoms with Crippen LogP contribution in [0.15, 0.2) is 64.5 Å². The molecule has 2 amide bonds. The minimum atomic E-state index is -4.18. The number of nitrogens with zero attached hydrogens (tertiary/aromatic N) is 4. The Labute approximate surface area is 265 Å². The highest BCUT2D eigenvalue weighted by atomic mass is 32.2. The molecule has 0 spiro atoms. The Hall–Kier alpha value is -4.07. The summed E-state index contributed by atoms with van der Waals surface area (Å²) in [4.78, 5) is 39.0. The lowest BCUT2D eigenvalue weighted by Crippen LogP contribution is -2.57. The highest BCUT2D eigenvalue weighted by Crippen LogP contribution is 2.29. The molecule has 0 radical (unpaired) electrons. The highest BCUT2D eigenvalue weighted by Gasteiger charge is 2.40. The van der Waals surface area contributed by atoms with Crippen LogP contribution in [0.1, 0.15) is 32.4 Å². The number of hydrogen-bond donors (Lipinski definition) is 2. The third kappa shape index (κ3) is 6.24. The number of benzene rings is 2. The number of terminal acetylenes is 1. The maximum atomic E-state index is 13.8. The number of carbonyl (C=O) groups is 2. The Bertz CT molecular complexity index is 2050. The monoisotopic (exact) mass is 666 g/mol. The van der Waals surface area contributed by atoms with E-state index in [1.807, 2.05) is 7.05 Å². The summed E-state index contributed by atoms with van der Waals surface area (Å²) in [7, 11) is -6.29. The van der Waals surface area contributed by atoms with Crippen molar-refractivity contribution in [3.05, 3.63) is 75.7 Å². The van der Waals surface area contributed by atoms with E-state index in [-0.39, 0.29) is 34.6 Å². The first kappa shape index (κ1) is 30.9. The van der Waals surface area contributed by atoms with E-state index < -0.39 is 44.3 Å². The van der Waals surface area contributed by atoms with Crippen molar-refractivity contribution < 1.29 is 26.4 Å². The van der Waals surface area contributed by atoms with Gasteiger partial charge in [-0.25, -0.2) is 26.5 Å². The summed E-state index contributed by atoms with van der Waals surface area (Å²) in [5, 5.41) is 0.824. The van der Waals surface area contributed by atoms with Gasteiger partial charge in [0.25, 0.3) is 26.0 Å². The van der Waals surface area contributed by atoms with Crippen LogP contribution >= 0.6 is 11.3 Å². The Morgan fingerprint density at radius 1 is 1.09 bits per heavy atom. The van der Waals surface area contributed by atoms with Crippen molar-refractivity contribution in [1.82, 2.24) is 28.8 Å². The van der Waals surface area contributed by atoms with Crippen LogP contribution in [-0.2, 0) is 37.8 Å². The van der Waals surface area contributed by atoms with Crippen molar-refractivity contribution in [3.8, 4) is 12.3 Å². The Morgan fingerprint density at radius 2 is 1.87 bits per heavy atom. The van der Waals surface area contributed by atoms with E-state index in [0.717, 1.165) is 17.1 Å². The van der Waals surface area contributed by atoms with Gasteiger partial charge in [-0.3, -0.25) is 9.59 Å². The van der Waals surface area contributed by atoms with E-state index in [1.54, 1.807) is 24.3 Å². The third-order valence-corrected chi connectivity index (χ3v) is 12.2. The van der Waals surface area contributed by atoms with E-state index in [9.17, 15) is 26.4 Å². The maximum absolute atomic E-state index is 13.8. The van der Waals surface area contributed by atoms with E-state index in [1.165, 1.54) is 50.9 Å². The molecule has 1 fully saturated rings. The number of aromatic amines is 1. The van der Waals surface area contributed by atoms with Gasteiger partial charge in [-0.2, -0.15) is 4.31 Å². The molecule has 2 N–H and O–H groups in total. The lowest BCUT2D eigenvalue weighted by Gasteiger charge is -2.40. The number of amides is 2. The number of rotatable bonds is 7. The van der Waals surface area contributed by atoms with E-state index in [4.69, 9.17) is 6.42 Å². The molecule has 4 aromatic rings. The quantitative estimate of drug-likeness (QED) is 0.284. The topological polar surface area (TPSA) is 153 Å². The molecule has 1 unspecified atom stereocenters. The number of hydrogen-bond acceptors (Lipinski definition) is 9. The molecule has 0 bridgehead atoms. The number of piperazine rings is 1. The average Bonchev–Trinajstić information content (AvgIpc) is 3.65. The molecule has 15 heteroatoms. The van der Waals surface area contributed by atoms with Crippen LogP contribution in [-0.4, -0.2) is 92.0 Å². The van der Waals surface area contributed by atoms with Crippen molar-refractivity contribution in [3.63, 3.8) is 0 Å². The standard InChI is InChI=1S/C30H30N6O6S3/c1-3-20-9-10-24-21(15-20)16-28(31-24)45(41,42)35-13-14-36(30(38)29-32-25-11-12-34(2)19-26(25)43-29)22(18-35)17-27(37)33-44(39,40)23-7-5-4-6-8-23/h1,4-10,15-16,22,31H,11-14,17-19H2,2H3,(H,33,37). The fraction of sp³-hybridized carbons (Fsp3) is 0.300. The zero-order valence-electron chi connectivity index (χ0n) is 24.3. The summed E-state index contributed by atoms with van der Waals surface area (Å²) in [6, 6.07) is 13.1. The van der Waals surface area contributed by atoms with Crippen LogP contribution in [0, 0.1) is 12.3 Å². The minimum absolute atomic E-state index is 0.0208. The van der Waals surface area contributed by atoms with E-state index in [0.29, 0.717) is 29.4 Å². The molecule has 2 aliphatic rings. The molecule has 4 heterocycles. The molecule has 0 saturated carbocycles. The van der Waals surface area contributed by atoms with Crippen molar-refractivity contribution >= 4 is 54.1 Å². The lowest BCUT2D eigenvalue weighted by atomic mass is 10.1. The predicted molar refractivity (Wildman–Crippen MR) is 168 cm³/mol. The number of thiazole rings is 1. The van der Waals surface area contributed by atoms with Gasteiger partial charge in [0.2, 0.25) is 5.91 Å². The number of fused-ring (bicyclic) bond motifs is 2. The molecule has 234 valence electrons. The molecule has 12 nitrogen and oxygen atoms in total. The van der Waals surface area contributed by atoms with Gasteiger partial charge < -0.3 is 14.8 Å². The van der Waals surface area contributed by atoms with Crippen LogP contribution in [0.25, 0.3) is 10.9 Å². The van der Waals surface area contributed by atoms with Gasteiger partial charge in [0, 0.05) is 66.9 Å². The molecule has 2 aromatic carbocycles. The second-order valence-corrected chi connectivity index (χ2v) is 15.7. The average molecular weight is 667 g/mol. The number of carbonyl (C=O) groups excluding carboxylic acids is 2. The minimum Gasteiger partial charge on any atom is -0.345 e. The molecule has 6 rings (SSSR count). The smallest absolute Gasteiger partial charge is 0.283 e. The fourth-order valence-electron chi connectivity index (χ4n) is 5.56. The normalized spacial score (nSPS) is 18.0. The maximum Gasteiger partial charge on any atom is 0.283 e. The Morgan fingerprint density at radius 3 is 2.62 bits per heavy atom. The molecule has 1 saturated heterocycles. The van der Waals surface area contributed by atoms with Gasteiger partial charge in [0.05, 0.1) is 16.6 Å². The van der Waals surface area contributed by atoms with E-state index >= 15 is 0 Å². The van der Waals surface area contributed by atoms with Gasteiger partial charge in [0.1, 0.15) is 5.03 Å². The van der Waals surface area contributed by atoms with Gasteiger partial charge in [-0.1, -0.05) is 24.1 Å². The molecule has 2 aromatic heterocycles. The largest absolute Gasteiger partial charge is 0.345 e. The van der Waals surface area contributed by atoms with Gasteiger partial charge in [-0.05, 0) is 43.4 Å².